The number of hydrogen-bond acceptors (Lipinski definition) is 3. The number of guanidine groups is 1. The van der Waals surface area contributed by atoms with Crippen molar-refractivity contribution in [3.8, 4) is 0 Å². The molecular formula is C20H33IN4OS. The summed E-state index contributed by atoms with van der Waals surface area (Å²) in [6.07, 6.45) is 7.75. The fourth-order valence-electron chi connectivity index (χ4n) is 3.33. The molecule has 1 amide bonds. The lowest BCUT2D eigenvalue weighted by atomic mass is 10.0. The first-order chi connectivity index (χ1) is 12.6. The number of aliphatic imine (C=N–C) groups is 1. The summed E-state index contributed by atoms with van der Waals surface area (Å²) < 4.78 is 0. The van der Waals surface area contributed by atoms with Gasteiger partial charge in [0.2, 0.25) is 5.91 Å². The molecule has 1 saturated carbocycles. The summed E-state index contributed by atoms with van der Waals surface area (Å²) in [5.41, 5.74) is 2.53. The Balaban J connectivity index is 0.00000364. The van der Waals surface area contributed by atoms with E-state index in [4.69, 9.17) is 0 Å². The summed E-state index contributed by atoms with van der Waals surface area (Å²) in [5.74, 6) is 1.52. The molecule has 3 N–H and O–H groups in total. The van der Waals surface area contributed by atoms with Crippen molar-refractivity contribution < 1.29 is 4.79 Å². The molecule has 0 heterocycles. The molecule has 7 heteroatoms. The highest BCUT2D eigenvalue weighted by atomic mass is 127. The Morgan fingerprint density at radius 1 is 1.19 bits per heavy atom. The van der Waals surface area contributed by atoms with Gasteiger partial charge in [-0.05, 0) is 49.1 Å². The molecule has 0 bridgehead atoms. The van der Waals surface area contributed by atoms with Gasteiger partial charge in [0.1, 0.15) is 0 Å². The van der Waals surface area contributed by atoms with Crippen LogP contribution in [-0.2, 0) is 11.3 Å². The van der Waals surface area contributed by atoms with Gasteiger partial charge in [0, 0.05) is 38.0 Å². The monoisotopic (exact) mass is 504 g/mol. The van der Waals surface area contributed by atoms with Crippen LogP contribution in [0.15, 0.2) is 28.1 Å². The number of halogens is 1. The largest absolute Gasteiger partial charge is 0.355 e. The van der Waals surface area contributed by atoms with Crippen LogP contribution in [0.5, 0.6) is 0 Å². The zero-order valence-corrected chi connectivity index (χ0v) is 19.8. The van der Waals surface area contributed by atoms with Gasteiger partial charge in [-0.2, -0.15) is 0 Å². The van der Waals surface area contributed by atoms with E-state index < -0.39 is 0 Å². The molecule has 0 aliphatic heterocycles. The molecule has 5 nitrogen and oxygen atoms in total. The topological polar surface area (TPSA) is 65.5 Å². The molecule has 0 spiro atoms. The van der Waals surface area contributed by atoms with Crippen LogP contribution in [0.3, 0.4) is 0 Å². The number of thioether (sulfide) groups is 1. The molecule has 0 unspecified atom stereocenters. The lowest BCUT2D eigenvalue weighted by Gasteiger charge is -2.14. The Bertz CT molecular complexity index is 618. The molecule has 1 aliphatic carbocycles. The quantitative estimate of drug-likeness (QED) is 0.166. The van der Waals surface area contributed by atoms with Gasteiger partial charge in [0.05, 0.1) is 0 Å². The van der Waals surface area contributed by atoms with E-state index in [1.165, 1.54) is 41.7 Å². The number of nitrogens with zero attached hydrogens (tertiary/aromatic N) is 1. The molecular weight excluding hydrogens is 471 g/mol. The Hall–Kier alpha value is -0.960. The Kier molecular flexibility index (Phi) is 11.8. The van der Waals surface area contributed by atoms with E-state index in [-0.39, 0.29) is 29.9 Å². The molecule has 0 aromatic heterocycles. The third-order valence-electron chi connectivity index (χ3n) is 4.80. The lowest BCUT2D eigenvalue weighted by Crippen LogP contribution is -2.41. The van der Waals surface area contributed by atoms with E-state index in [2.05, 4.69) is 52.3 Å². The number of aryl methyl sites for hydroxylation is 1. The number of hydrogen-bond donors (Lipinski definition) is 3. The third-order valence-corrected chi connectivity index (χ3v) is 5.62. The first-order valence-corrected chi connectivity index (χ1v) is 10.7. The molecule has 1 aromatic rings. The van der Waals surface area contributed by atoms with Crippen LogP contribution in [0.4, 0.5) is 0 Å². The average Bonchev–Trinajstić information content (AvgIpc) is 3.14. The normalized spacial score (nSPS) is 14.6. The fraction of sp³-hybridized carbons (Fsp3) is 0.600. The number of carbonyl (C=O) groups excluding carboxylic acids is 1. The van der Waals surface area contributed by atoms with Crippen LogP contribution in [0.1, 0.15) is 43.2 Å². The Morgan fingerprint density at radius 2 is 1.89 bits per heavy atom. The average molecular weight is 504 g/mol. The number of amides is 1. The van der Waals surface area contributed by atoms with Crippen molar-refractivity contribution in [3.63, 3.8) is 0 Å². The van der Waals surface area contributed by atoms with Crippen molar-refractivity contribution in [3.05, 3.63) is 29.3 Å². The van der Waals surface area contributed by atoms with E-state index >= 15 is 0 Å². The zero-order chi connectivity index (χ0) is 18.8. The smallest absolute Gasteiger partial charge is 0.220 e. The maximum absolute atomic E-state index is 11.9. The minimum absolute atomic E-state index is 0. The maximum Gasteiger partial charge on any atom is 0.220 e. The lowest BCUT2D eigenvalue weighted by molar-refractivity contribution is -0.121. The van der Waals surface area contributed by atoms with E-state index in [9.17, 15) is 4.79 Å². The van der Waals surface area contributed by atoms with Gasteiger partial charge in [-0.25, -0.2) is 0 Å². The Labute approximate surface area is 185 Å². The number of carbonyl (C=O) groups is 1. The van der Waals surface area contributed by atoms with E-state index in [1.807, 2.05) is 0 Å². The van der Waals surface area contributed by atoms with Crippen molar-refractivity contribution in [1.82, 2.24) is 16.0 Å². The van der Waals surface area contributed by atoms with Crippen molar-refractivity contribution in [1.29, 1.82) is 0 Å². The second-order valence-electron chi connectivity index (χ2n) is 6.87. The highest BCUT2D eigenvalue weighted by Gasteiger charge is 2.17. The third kappa shape index (κ3) is 8.72. The summed E-state index contributed by atoms with van der Waals surface area (Å²) in [6.45, 7) is 4.12. The number of benzene rings is 1. The predicted molar refractivity (Wildman–Crippen MR) is 126 cm³/mol. The van der Waals surface area contributed by atoms with Gasteiger partial charge in [0.15, 0.2) is 5.96 Å². The van der Waals surface area contributed by atoms with Crippen LogP contribution in [-0.4, -0.2) is 38.3 Å². The van der Waals surface area contributed by atoms with Crippen LogP contribution < -0.4 is 16.0 Å². The van der Waals surface area contributed by atoms with Gasteiger partial charge in [-0.1, -0.05) is 25.0 Å². The molecule has 2 rings (SSSR count). The second kappa shape index (κ2) is 13.3. The van der Waals surface area contributed by atoms with Crippen LogP contribution >= 0.6 is 35.7 Å². The number of rotatable bonds is 8. The summed E-state index contributed by atoms with van der Waals surface area (Å²) in [4.78, 5) is 17.5. The zero-order valence-electron chi connectivity index (χ0n) is 16.6. The summed E-state index contributed by atoms with van der Waals surface area (Å²) in [6, 6.07) is 6.50. The first-order valence-electron chi connectivity index (χ1n) is 9.47. The summed E-state index contributed by atoms with van der Waals surface area (Å²) in [5, 5.41) is 9.59. The molecule has 1 aliphatic rings. The van der Waals surface area contributed by atoms with Crippen molar-refractivity contribution in [2.24, 2.45) is 10.9 Å². The van der Waals surface area contributed by atoms with E-state index in [0.29, 0.717) is 25.4 Å². The van der Waals surface area contributed by atoms with Crippen molar-refractivity contribution in [2.75, 3.05) is 26.4 Å². The highest BCUT2D eigenvalue weighted by Crippen LogP contribution is 2.27. The van der Waals surface area contributed by atoms with Crippen molar-refractivity contribution in [2.45, 2.75) is 50.5 Å². The number of nitrogens with one attached hydrogen (secondary N) is 3. The standard InChI is InChI=1S/C20H32N4OS.HI/c1-15-8-9-17(18(12-15)26-3)14-24-20(21-2)23-11-10-22-19(25)13-16-6-4-5-7-16;/h8-9,12,16H,4-7,10-11,13-14H2,1-3H3,(H,22,25)(H2,21,23,24);1H. The van der Waals surface area contributed by atoms with Gasteiger partial charge in [-0.3, -0.25) is 9.79 Å². The van der Waals surface area contributed by atoms with Gasteiger partial charge in [-0.15, -0.1) is 35.7 Å². The minimum atomic E-state index is 0. The van der Waals surface area contributed by atoms with E-state index in [1.54, 1.807) is 18.8 Å². The molecule has 1 fully saturated rings. The molecule has 152 valence electrons. The maximum atomic E-state index is 11.9. The second-order valence-corrected chi connectivity index (χ2v) is 7.72. The predicted octanol–water partition coefficient (Wildman–Crippen LogP) is 3.70. The van der Waals surface area contributed by atoms with Gasteiger partial charge >= 0.3 is 0 Å². The van der Waals surface area contributed by atoms with Crippen LogP contribution in [0, 0.1) is 12.8 Å². The first kappa shape index (κ1) is 24.1. The molecule has 0 radical (unpaired) electrons. The van der Waals surface area contributed by atoms with Crippen molar-refractivity contribution >= 4 is 47.6 Å². The van der Waals surface area contributed by atoms with Gasteiger partial charge < -0.3 is 16.0 Å². The Morgan fingerprint density at radius 3 is 2.56 bits per heavy atom. The fourth-order valence-corrected chi connectivity index (χ4v) is 4.04. The SMILES string of the molecule is CN=C(NCCNC(=O)CC1CCCC1)NCc1ccc(C)cc1SC.I. The summed E-state index contributed by atoms with van der Waals surface area (Å²) >= 11 is 1.76. The molecule has 0 saturated heterocycles. The van der Waals surface area contributed by atoms with Gasteiger partial charge in [0.25, 0.3) is 0 Å². The minimum Gasteiger partial charge on any atom is -0.355 e. The van der Waals surface area contributed by atoms with Crippen LogP contribution in [0.25, 0.3) is 0 Å². The molecule has 27 heavy (non-hydrogen) atoms. The van der Waals surface area contributed by atoms with E-state index in [0.717, 1.165) is 12.5 Å². The summed E-state index contributed by atoms with van der Waals surface area (Å²) in [7, 11) is 1.76. The highest BCUT2D eigenvalue weighted by molar-refractivity contribution is 14.0. The molecule has 0 atom stereocenters. The molecule has 1 aromatic carbocycles. The van der Waals surface area contributed by atoms with Crippen LogP contribution in [0.2, 0.25) is 0 Å².